The van der Waals surface area contributed by atoms with Gasteiger partial charge in [-0.3, -0.25) is 0 Å². The zero-order chi connectivity index (χ0) is 13.9. The van der Waals surface area contributed by atoms with Gasteiger partial charge in [0.15, 0.2) is 0 Å². The van der Waals surface area contributed by atoms with Gasteiger partial charge < -0.3 is 4.74 Å². The van der Waals surface area contributed by atoms with Crippen molar-refractivity contribution >= 4 is 28.3 Å². The molecule has 0 aliphatic heterocycles. The highest BCUT2D eigenvalue weighted by Crippen LogP contribution is 2.26. The number of benzene rings is 3. The molecule has 3 aromatic rings. The Bertz CT molecular complexity index is 775. The van der Waals surface area contributed by atoms with Crippen molar-refractivity contribution in [2.24, 2.45) is 0 Å². The van der Waals surface area contributed by atoms with E-state index in [1.54, 1.807) is 30.3 Å². The molecule has 0 aliphatic rings. The maximum atomic E-state index is 12.1. The normalized spacial score (nSPS) is 10.4. The summed E-state index contributed by atoms with van der Waals surface area (Å²) in [5.41, 5.74) is 0.436. The molecule has 0 atom stereocenters. The van der Waals surface area contributed by atoms with E-state index in [1.807, 2.05) is 36.4 Å². The lowest BCUT2D eigenvalue weighted by molar-refractivity contribution is 0.0737. The molecule has 0 fully saturated rings. The molecule has 0 unspecified atom stereocenters. The summed E-state index contributed by atoms with van der Waals surface area (Å²) in [5.74, 6) is 0.136. The van der Waals surface area contributed by atoms with Gasteiger partial charge in [0.1, 0.15) is 5.75 Å². The second kappa shape index (κ2) is 5.35. The van der Waals surface area contributed by atoms with Gasteiger partial charge in [0.05, 0.1) is 5.56 Å². The van der Waals surface area contributed by atoms with Crippen LogP contribution in [0.25, 0.3) is 10.8 Å². The first-order valence-electron chi connectivity index (χ1n) is 6.19. The number of hydrogen-bond acceptors (Lipinski definition) is 2. The van der Waals surface area contributed by atoms with Crippen LogP contribution in [-0.2, 0) is 0 Å². The zero-order valence-electron chi connectivity index (χ0n) is 10.5. The second-order valence-electron chi connectivity index (χ2n) is 4.38. The highest BCUT2D eigenvalue weighted by atomic mass is 35.5. The number of carbonyl (C=O) groups is 1. The summed E-state index contributed by atoms with van der Waals surface area (Å²) < 4.78 is 5.47. The van der Waals surface area contributed by atoms with Crippen LogP contribution < -0.4 is 4.74 Å². The number of carbonyl (C=O) groups excluding carboxylic acids is 1. The minimum Gasteiger partial charge on any atom is -0.422 e. The summed E-state index contributed by atoms with van der Waals surface area (Å²) >= 11 is 5.88. The Morgan fingerprint density at radius 3 is 2.50 bits per heavy atom. The molecule has 0 N–H and O–H groups in total. The van der Waals surface area contributed by atoms with Crippen LogP contribution in [0, 0.1) is 0 Å². The molecule has 0 aliphatic carbocycles. The molecule has 0 spiro atoms. The lowest BCUT2D eigenvalue weighted by Crippen LogP contribution is -2.08. The first-order valence-corrected chi connectivity index (χ1v) is 6.57. The Labute approximate surface area is 121 Å². The Balaban J connectivity index is 1.95. The molecular weight excluding hydrogens is 272 g/mol. The Kier molecular flexibility index (Phi) is 3.40. The van der Waals surface area contributed by atoms with Gasteiger partial charge in [0.25, 0.3) is 0 Å². The predicted octanol–water partition coefficient (Wildman–Crippen LogP) is 4.71. The summed E-state index contributed by atoms with van der Waals surface area (Å²) in [7, 11) is 0. The third-order valence-corrected chi connectivity index (χ3v) is 3.25. The van der Waals surface area contributed by atoms with Gasteiger partial charge in [-0.25, -0.2) is 4.79 Å². The molecule has 0 saturated heterocycles. The number of rotatable bonds is 2. The molecule has 0 saturated carbocycles. The van der Waals surface area contributed by atoms with E-state index in [1.165, 1.54) is 0 Å². The maximum absolute atomic E-state index is 12.1. The fourth-order valence-electron chi connectivity index (χ4n) is 2.06. The van der Waals surface area contributed by atoms with Crippen LogP contribution in [0.4, 0.5) is 0 Å². The van der Waals surface area contributed by atoms with E-state index in [2.05, 4.69) is 0 Å². The molecule has 98 valence electrons. The SMILES string of the molecule is O=C(Oc1cccc2ccccc12)c1cccc(Cl)c1. The van der Waals surface area contributed by atoms with Gasteiger partial charge in [-0.2, -0.15) is 0 Å². The quantitative estimate of drug-likeness (QED) is 0.502. The average Bonchev–Trinajstić information content (AvgIpc) is 2.47. The van der Waals surface area contributed by atoms with E-state index in [4.69, 9.17) is 16.3 Å². The molecule has 0 aromatic heterocycles. The highest BCUT2D eigenvalue weighted by Gasteiger charge is 2.10. The van der Waals surface area contributed by atoms with Crippen molar-refractivity contribution in [3.05, 3.63) is 77.3 Å². The van der Waals surface area contributed by atoms with E-state index in [0.717, 1.165) is 10.8 Å². The van der Waals surface area contributed by atoms with Crippen LogP contribution >= 0.6 is 11.6 Å². The van der Waals surface area contributed by atoms with Crippen LogP contribution in [-0.4, -0.2) is 5.97 Å². The third kappa shape index (κ3) is 2.51. The fraction of sp³-hybridized carbons (Fsp3) is 0. The largest absolute Gasteiger partial charge is 0.422 e. The van der Waals surface area contributed by atoms with Gasteiger partial charge in [0.2, 0.25) is 0 Å². The number of fused-ring (bicyclic) bond motifs is 1. The third-order valence-electron chi connectivity index (χ3n) is 3.01. The molecule has 3 rings (SSSR count). The van der Waals surface area contributed by atoms with Crippen molar-refractivity contribution in [1.29, 1.82) is 0 Å². The molecule has 2 nitrogen and oxygen atoms in total. The van der Waals surface area contributed by atoms with Crippen molar-refractivity contribution in [2.45, 2.75) is 0 Å². The van der Waals surface area contributed by atoms with Crippen molar-refractivity contribution in [3.8, 4) is 5.75 Å². The summed E-state index contributed by atoms with van der Waals surface area (Å²) in [6, 6.07) is 20.1. The van der Waals surface area contributed by atoms with Crippen molar-refractivity contribution in [2.75, 3.05) is 0 Å². The van der Waals surface area contributed by atoms with Gasteiger partial charge in [-0.05, 0) is 29.7 Å². The van der Waals surface area contributed by atoms with Crippen molar-refractivity contribution in [1.82, 2.24) is 0 Å². The lowest BCUT2D eigenvalue weighted by Gasteiger charge is -2.07. The second-order valence-corrected chi connectivity index (χ2v) is 4.81. The maximum Gasteiger partial charge on any atom is 0.343 e. The summed E-state index contributed by atoms with van der Waals surface area (Å²) in [4.78, 5) is 12.1. The summed E-state index contributed by atoms with van der Waals surface area (Å²) in [6.45, 7) is 0. The number of esters is 1. The van der Waals surface area contributed by atoms with Crippen LogP contribution in [0.2, 0.25) is 5.02 Å². The molecule has 0 radical (unpaired) electrons. The molecule has 0 amide bonds. The van der Waals surface area contributed by atoms with E-state index < -0.39 is 5.97 Å². The van der Waals surface area contributed by atoms with E-state index in [-0.39, 0.29) is 0 Å². The smallest absolute Gasteiger partial charge is 0.343 e. The van der Waals surface area contributed by atoms with E-state index >= 15 is 0 Å². The van der Waals surface area contributed by atoms with Gasteiger partial charge in [-0.15, -0.1) is 0 Å². The van der Waals surface area contributed by atoms with Crippen LogP contribution in [0.3, 0.4) is 0 Å². The topological polar surface area (TPSA) is 26.3 Å². The molecule has 3 aromatic carbocycles. The van der Waals surface area contributed by atoms with E-state index in [0.29, 0.717) is 16.3 Å². The first kappa shape index (κ1) is 12.7. The molecule has 0 heterocycles. The summed E-state index contributed by atoms with van der Waals surface area (Å²) in [5, 5.41) is 2.45. The number of halogens is 1. The first-order chi connectivity index (χ1) is 9.74. The summed E-state index contributed by atoms with van der Waals surface area (Å²) in [6.07, 6.45) is 0. The van der Waals surface area contributed by atoms with Crippen LogP contribution in [0.15, 0.2) is 66.7 Å². The molecule has 20 heavy (non-hydrogen) atoms. The average molecular weight is 283 g/mol. The monoisotopic (exact) mass is 282 g/mol. The van der Waals surface area contributed by atoms with Gasteiger partial charge in [0, 0.05) is 10.4 Å². The van der Waals surface area contributed by atoms with Gasteiger partial charge >= 0.3 is 5.97 Å². The molecule has 3 heteroatoms. The van der Waals surface area contributed by atoms with Crippen molar-refractivity contribution in [3.63, 3.8) is 0 Å². The predicted molar refractivity (Wildman–Crippen MR) is 80.4 cm³/mol. The minimum atomic E-state index is -0.413. The van der Waals surface area contributed by atoms with Crippen LogP contribution in [0.5, 0.6) is 5.75 Å². The Hall–Kier alpha value is -2.32. The standard InChI is InChI=1S/C17H11ClO2/c18-14-8-3-7-13(11-14)17(19)20-16-10-4-6-12-5-1-2-9-15(12)16/h1-11H. The lowest BCUT2D eigenvalue weighted by atomic mass is 10.1. The molecular formula is C17H11ClO2. The Morgan fingerprint density at radius 1 is 0.900 bits per heavy atom. The number of hydrogen-bond donors (Lipinski definition) is 0. The zero-order valence-corrected chi connectivity index (χ0v) is 11.3. The minimum absolute atomic E-state index is 0.413. The highest BCUT2D eigenvalue weighted by molar-refractivity contribution is 6.30. The van der Waals surface area contributed by atoms with E-state index in [9.17, 15) is 4.79 Å². The Morgan fingerprint density at radius 2 is 1.65 bits per heavy atom. The molecule has 0 bridgehead atoms. The van der Waals surface area contributed by atoms with Gasteiger partial charge in [-0.1, -0.05) is 54.1 Å². The fourth-order valence-corrected chi connectivity index (χ4v) is 2.25. The van der Waals surface area contributed by atoms with Crippen LogP contribution in [0.1, 0.15) is 10.4 Å². The van der Waals surface area contributed by atoms with Crippen molar-refractivity contribution < 1.29 is 9.53 Å². The number of ether oxygens (including phenoxy) is 1.